The van der Waals surface area contributed by atoms with Gasteiger partial charge in [0, 0.05) is 63.6 Å². The van der Waals surface area contributed by atoms with Gasteiger partial charge in [0.1, 0.15) is 5.52 Å². The van der Waals surface area contributed by atoms with Crippen molar-refractivity contribution in [2.24, 2.45) is 0 Å². The molecule has 0 saturated carbocycles. The van der Waals surface area contributed by atoms with Crippen LogP contribution in [0.4, 0.5) is 11.5 Å². The molecule has 2 aliphatic rings. The van der Waals surface area contributed by atoms with Gasteiger partial charge in [-0.05, 0) is 47.2 Å². The van der Waals surface area contributed by atoms with E-state index in [0.717, 1.165) is 82.5 Å². The Kier molecular flexibility index (Phi) is 6.54. The number of imidazole rings is 1. The van der Waals surface area contributed by atoms with E-state index in [-0.39, 0.29) is 0 Å². The number of aromatic amines is 1. The summed E-state index contributed by atoms with van der Waals surface area (Å²) in [6.07, 6.45) is 0. The summed E-state index contributed by atoms with van der Waals surface area (Å²) in [6.45, 7) is 9.59. The van der Waals surface area contributed by atoms with Gasteiger partial charge in [-0.15, -0.1) is 0 Å². The van der Waals surface area contributed by atoms with Crippen molar-refractivity contribution in [2.45, 2.75) is 0 Å². The number of hydrogen-bond acceptors (Lipinski definition) is 8. The maximum atomic E-state index is 5.43. The average molecular weight is 501 g/mol. The Morgan fingerprint density at radius 2 is 1.75 bits per heavy atom. The Morgan fingerprint density at radius 1 is 1.00 bits per heavy atom. The normalized spacial score (nSPS) is 18.4. The maximum absolute atomic E-state index is 5.43. The van der Waals surface area contributed by atoms with E-state index in [1.165, 1.54) is 5.69 Å². The van der Waals surface area contributed by atoms with Crippen molar-refractivity contribution in [3.05, 3.63) is 29.0 Å². The van der Waals surface area contributed by atoms with Gasteiger partial charge in [0.05, 0.1) is 13.2 Å². The van der Waals surface area contributed by atoms with E-state index >= 15 is 0 Å². The van der Waals surface area contributed by atoms with Crippen LogP contribution in [0.25, 0.3) is 22.6 Å². The lowest BCUT2D eigenvalue weighted by Crippen LogP contribution is -2.44. The highest BCUT2D eigenvalue weighted by atomic mass is 79.9. The Morgan fingerprint density at radius 3 is 2.50 bits per heavy atom. The monoisotopic (exact) mass is 500 g/mol. The lowest BCUT2D eigenvalue weighted by molar-refractivity contribution is 0.0398. The van der Waals surface area contributed by atoms with E-state index in [1.807, 2.05) is 0 Å². The Balaban J connectivity index is 1.34. The van der Waals surface area contributed by atoms with E-state index in [1.54, 1.807) is 0 Å². The molecule has 2 saturated heterocycles. The number of ether oxygens (including phenoxy) is 1. The standard InChI is InChI=1S/C22H29BrN8O/c1-29-8-10-31(11-9-29)17-4-2-16(3-5-17)19-26-20(18-21(27-19)28-22(23)25-18)24-6-7-30-12-14-32-15-13-30/h2-5H,6-15H2,1H3,(H2,24,25,26,27,28). The van der Waals surface area contributed by atoms with Crippen LogP contribution in [0.5, 0.6) is 0 Å². The molecule has 2 fully saturated rings. The number of piperazine rings is 1. The first-order valence-electron chi connectivity index (χ1n) is 11.2. The number of morpholine rings is 1. The second kappa shape index (κ2) is 9.70. The first-order valence-corrected chi connectivity index (χ1v) is 12.0. The number of nitrogens with one attached hydrogen (secondary N) is 2. The van der Waals surface area contributed by atoms with Crippen molar-refractivity contribution < 1.29 is 4.74 Å². The topological polar surface area (TPSA) is 85.4 Å². The first-order chi connectivity index (χ1) is 15.7. The third-order valence-corrected chi connectivity index (χ3v) is 6.52. The molecule has 10 heteroatoms. The van der Waals surface area contributed by atoms with Gasteiger partial charge in [0.25, 0.3) is 0 Å². The fourth-order valence-electron chi connectivity index (χ4n) is 4.17. The van der Waals surface area contributed by atoms with Crippen LogP contribution in [-0.2, 0) is 4.74 Å². The van der Waals surface area contributed by atoms with Crippen LogP contribution in [0, 0.1) is 0 Å². The molecular formula is C22H29BrN8O. The molecule has 3 aromatic rings. The molecule has 0 atom stereocenters. The van der Waals surface area contributed by atoms with Gasteiger partial charge in [0.15, 0.2) is 22.0 Å². The third-order valence-electron chi connectivity index (χ3n) is 6.14. The number of anilines is 2. The smallest absolute Gasteiger partial charge is 0.184 e. The van der Waals surface area contributed by atoms with Crippen molar-refractivity contribution in [3.63, 3.8) is 0 Å². The van der Waals surface area contributed by atoms with E-state index in [9.17, 15) is 0 Å². The first kappa shape index (κ1) is 21.6. The van der Waals surface area contributed by atoms with Gasteiger partial charge in [-0.3, -0.25) is 4.90 Å². The van der Waals surface area contributed by atoms with Crippen LogP contribution in [0.2, 0.25) is 0 Å². The number of nitrogens with zero attached hydrogens (tertiary/aromatic N) is 6. The third kappa shape index (κ3) is 4.88. The Bertz CT molecular complexity index is 1040. The zero-order valence-corrected chi connectivity index (χ0v) is 19.9. The molecule has 0 aliphatic carbocycles. The molecule has 4 heterocycles. The van der Waals surface area contributed by atoms with Gasteiger partial charge < -0.3 is 24.8 Å². The highest BCUT2D eigenvalue weighted by molar-refractivity contribution is 9.10. The van der Waals surface area contributed by atoms with E-state index in [2.05, 4.69) is 77.2 Å². The largest absolute Gasteiger partial charge is 0.379 e. The molecule has 2 aromatic heterocycles. The van der Waals surface area contributed by atoms with Crippen LogP contribution in [0.1, 0.15) is 0 Å². The SMILES string of the molecule is CN1CCN(c2ccc(-c3nc(NCCN4CCOCC4)c4[nH]c(Br)nc4n3)cc2)CC1. The second-order valence-corrected chi connectivity index (χ2v) is 9.09. The lowest BCUT2D eigenvalue weighted by Gasteiger charge is -2.34. The average Bonchev–Trinajstić information content (AvgIpc) is 3.21. The molecule has 0 spiro atoms. The number of H-pyrrole nitrogens is 1. The number of fused-ring (bicyclic) bond motifs is 1. The molecule has 2 N–H and O–H groups in total. The minimum atomic E-state index is 0.652. The van der Waals surface area contributed by atoms with Crippen molar-refractivity contribution in [1.82, 2.24) is 29.7 Å². The number of hydrogen-bond donors (Lipinski definition) is 2. The number of aromatic nitrogens is 4. The van der Waals surface area contributed by atoms with Crippen LogP contribution in [0.3, 0.4) is 0 Å². The minimum absolute atomic E-state index is 0.652. The predicted octanol–water partition coefficient (Wildman–Crippen LogP) is 2.28. The zero-order chi connectivity index (χ0) is 21.9. The molecule has 5 rings (SSSR count). The van der Waals surface area contributed by atoms with Gasteiger partial charge in [-0.1, -0.05) is 0 Å². The minimum Gasteiger partial charge on any atom is -0.379 e. The van der Waals surface area contributed by atoms with E-state index in [0.29, 0.717) is 16.2 Å². The van der Waals surface area contributed by atoms with Crippen molar-refractivity contribution in [2.75, 3.05) is 82.8 Å². The van der Waals surface area contributed by atoms with Crippen molar-refractivity contribution in [1.29, 1.82) is 0 Å². The van der Waals surface area contributed by atoms with Crippen LogP contribution < -0.4 is 10.2 Å². The number of benzene rings is 1. The van der Waals surface area contributed by atoms with E-state index in [4.69, 9.17) is 14.7 Å². The summed E-state index contributed by atoms with van der Waals surface area (Å²) >= 11 is 3.43. The lowest BCUT2D eigenvalue weighted by atomic mass is 10.1. The van der Waals surface area contributed by atoms with Crippen LogP contribution in [0.15, 0.2) is 29.0 Å². The quantitative estimate of drug-likeness (QED) is 0.498. The number of halogens is 1. The fourth-order valence-corrected chi connectivity index (χ4v) is 4.54. The van der Waals surface area contributed by atoms with Gasteiger partial charge >= 0.3 is 0 Å². The van der Waals surface area contributed by atoms with Gasteiger partial charge in [0.2, 0.25) is 0 Å². The molecule has 0 unspecified atom stereocenters. The molecule has 170 valence electrons. The van der Waals surface area contributed by atoms with Crippen LogP contribution >= 0.6 is 15.9 Å². The summed E-state index contributed by atoms with van der Waals surface area (Å²) in [5, 5.41) is 3.49. The molecule has 1 aromatic carbocycles. The maximum Gasteiger partial charge on any atom is 0.184 e. The van der Waals surface area contributed by atoms with Gasteiger partial charge in [-0.2, -0.15) is 0 Å². The van der Waals surface area contributed by atoms with Crippen molar-refractivity contribution >= 4 is 38.6 Å². The number of likely N-dealkylation sites (N-methyl/N-ethyl adjacent to an activating group) is 1. The summed E-state index contributed by atoms with van der Waals surface area (Å²) in [5.74, 6) is 1.45. The summed E-state index contributed by atoms with van der Waals surface area (Å²) in [6, 6.07) is 8.54. The Labute approximate surface area is 196 Å². The highest BCUT2D eigenvalue weighted by Crippen LogP contribution is 2.26. The second-order valence-electron chi connectivity index (χ2n) is 8.34. The summed E-state index contributed by atoms with van der Waals surface area (Å²) < 4.78 is 6.09. The molecule has 0 radical (unpaired) electrons. The Hall–Kier alpha value is -2.27. The highest BCUT2D eigenvalue weighted by Gasteiger charge is 2.17. The predicted molar refractivity (Wildman–Crippen MR) is 130 cm³/mol. The summed E-state index contributed by atoms with van der Waals surface area (Å²) in [5.41, 5.74) is 3.70. The molecule has 0 amide bonds. The summed E-state index contributed by atoms with van der Waals surface area (Å²) in [7, 11) is 2.17. The zero-order valence-electron chi connectivity index (χ0n) is 18.3. The van der Waals surface area contributed by atoms with Gasteiger partial charge in [-0.25, -0.2) is 15.0 Å². The fraction of sp³-hybridized carbons (Fsp3) is 0.500. The molecule has 32 heavy (non-hydrogen) atoms. The summed E-state index contributed by atoms with van der Waals surface area (Å²) in [4.78, 5) is 24.4. The number of rotatable bonds is 6. The van der Waals surface area contributed by atoms with Crippen molar-refractivity contribution in [3.8, 4) is 11.4 Å². The molecule has 2 aliphatic heterocycles. The molecular weight excluding hydrogens is 472 g/mol. The van der Waals surface area contributed by atoms with E-state index < -0.39 is 0 Å². The molecule has 9 nitrogen and oxygen atoms in total. The molecule has 0 bridgehead atoms. The van der Waals surface area contributed by atoms with Crippen LogP contribution in [-0.4, -0.2) is 102 Å².